The fourth-order valence-corrected chi connectivity index (χ4v) is 2.73. The monoisotopic (exact) mass is 278 g/mol. The van der Waals surface area contributed by atoms with Crippen molar-refractivity contribution in [3.05, 3.63) is 53.7 Å². The average molecular weight is 278 g/mol. The summed E-state index contributed by atoms with van der Waals surface area (Å²) in [5.74, 6) is 0.957. The summed E-state index contributed by atoms with van der Waals surface area (Å²) in [4.78, 5) is 9.07. The van der Waals surface area contributed by atoms with Crippen molar-refractivity contribution >= 4 is 11.5 Å². The molecule has 0 spiro atoms. The van der Waals surface area contributed by atoms with E-state index in [4.69, 9.17) is 5.26 Å². The second-order valence-electron chi connectivity index (χ2n) is 5.28. The number of para-hydroxylation sites is 1. The number of nitriles is 1. The molecule has 0 bridgehead atoms. The van der Waals surface area contributed by atoms with Crippen LogP contribution in [0.2, 0.25) is 0 Å². The van der Waals surface area contributed by atoms with Crippen molar-refractivity contribution in [1.29, 1.82) is 5.26 Å². The molecule has 0 amide bonds. The molecule has 1 aromatic carbocycles. The first kappa shape index (κ1) is 13.4. The minimum atomic E-state index is 0.609. The van der Waals surface area contributed by atoms with Gasteiger partial charge in [-0.05, 0) is 30.7 Å². The van der Waals surface area contributed by atoms with Gasteiger partial charge in [0.2, 0.25) is 0 Å². The lowest BCUT2D eigenvalue weighted by molar-refractivity contribution is 0.646. The zero-order chi connectivity index (χ0) is 14.7. The maximum atomic E-state index is 8.82. The van der Waals surface area contributed by atoms with Crippen LogP contribution in [0.1, 0.15) is 11.1 Å². The number of hydrogen-bond donors (Lipinski definition) is 0. The highest BCUT2D eigenvalue weighted by atomic mass is 15.3. The first-order chi connectivity index (χ1) is 10.3. The number of pyridine rings is 1. The van der Waals surface area contributed by atoms with Gasteiger partial charge in [-0.3, -0.25) is 0 Å². The Morgan fingerprint density at radius 3 is 2.33 bits per heavy atom. The SMILES string of the molecule is Cc1ccccc1N1CCN(c2ccc(C#N)cn2)CC1. The second-order valence-corrected chi connectivity index (χ2v) is 5.28. The van der Waals surface area contributed by atoms with Crippen molar-refractivity contribution in [2.45, 2.75) is 6.92 Å². The van der Waals surface area contributed by atoms with E-state index in [0.717, 1.165) is 32.0 Å². The minimum Gasteiger partial charge on any atom is -0.368 e. The molecule has 0 atom stereocenters. The van der Waals surface area contributed by atoms with Crippen LogP contribution in [-0.4, -0.2) is 31.2 Å². The van der Waals surface area contributed by atoms with Crippen LogP contribution in [0.25, 0.3) is 0 Å². The third-order valence-electron chi connectivity index (χ3n) is 3.94. The van der Waals surface area contributed by atoms with Gasteiger partial charge in [0.1, 0.15) is 11.9 Å². The summed E-state index contributed by atoms with van der Waals surface area (Å²) in [6.45, 7) is 6.05. The first-order valence-electron chi connectivity index (χ1n) is 7.19. The highest BCUT2D eigenvalue weighted by Gasteiger charge is 2.19. The Hall–Kier alpha value is -2.54. The van der Waals surface area contributed by atoms with Crippen molar-refractivity contribution in [1.82, 2.24) is 4.98 Å². The van der Waals surface area contributed by atoms with Crippen molar-refractivity contribution in [2.24, 2.45) is 0 Å². The standard InChI is InChI=1S/C17H18N4/c1-14-4-2-3-5-16(14)20-8-10-21(11-9-20)17-7-6-15(12-18)13-19-17/h2-7,13H,8-11H2,1H3. The van der Waals surface area contributed by atoms with E-state index in [9.17, 15) is 0 Å². The number of rotatable bonds is 2. The van der Waals surface area contributed by atoms with Gasteiger partial charge in [0, 0.05) is 38.1 Å². The molecule has 1 aromatic heterocycles. The Balaban J connectivity index is 1.67. The predicted molar refractivity (Wildman–Crippen MR) is 84.6 cm³/mol. The lowest BCUT2D eigenvalue weighted by atomic mass is 10.1. The van der Waals surface area contributed by atoms with Crippen LogP contribution >= 0.6 is 0 Å². The Morgan fingerprint density at radius 1 is 1.00 bits per heavy atom. The summed E-state index contributed by atoms with van der Waals surface area (Å²) in [6, 6.07) is 14.4. The smallest absolute Gasteiger partial charge is 0.128 e. The number of hydrogen-bond acceptors (Lipinski definition) is 4. The summed E-state index contributed by atoms with van der Waals surface area (Å²) < 4.78 is 0. The van der Waals surface area contributed by atoms with E-state index in [2.05, 4.69) is 52.0 Å². The van der Waals surface area contributed by atoms with Gasteiger partial charge < -0.3 is 9.80 Å². The number of aromatic nitrogens is 1. The Labute approximate surface area is 125 Å². The second kappa shape index (κ2) is 5.84. The molecule has 2 heterocycles. The fraction of sp³-hybridized carbons (Fsp3) is 0.294. The molecule has 1 aliphatic heterocycles. The van der Waals surface area contributed by atoms with Crippen molar-refractivity contribution in [2.75, 3.05) is 36.0 Å². The predicted octanol–water partition coefficient (Wildman–Crippen LogP) is 2.59. The van der Waals surface area contributed by atoms with Crippen LogP contribution in [0, 0.1) is 18.3 Å². The molecule has 4 nitrogen and oxygen atoms in total. The quantitative estimate of drug-likeness (QED) is 0.847. The zero-order valence-corrected chi connectivity index (χ0v) is 12.2. The highest BCUT2D eigenvalue weighted by molar-refractivity contribution is 5.54. The molecule has 0 N–H and O–H groups in total. The largest absolute Gasteiger partial charge is 0.368 e. The van der Waals surface area contributed by atoms with Gasteiger partial charge in [-0.15, -0.1) is 0 Å². The van der Waals surface area contributed by atoms with Crippen molar-refractivity contribution in [3.8, 4) is 6.07 Å². The van der Waals surface area contributed by atoms with E-state index in [1.54, 1.807) is 6.20 Å². The maximum absolute atomic E-state index is 8.82. The van der Waals surface area contributed by atoms with E-state index in [1.165, 1.54) is 11.3 Å². The van der Waals surface area contributed by atoms with Crippen LogP contribution in [0.5, 0.6) is 0 Å². The molecule has 4 heteroatoms. The van der Waals surface area contributed by atoms with Crippen LogP contribution in [-0.2, 0) is 0 Å². The summed E-state index contributed by atoms with van der Waals surface area (Å²) >= 11 is 0. The lowest BCUT2D eigenvalue weighted by Crippen LogP contribution is -2.47. The van der Waals surface area contributed by atoms with Crippen molar-refractivity contribution in [3.63, 3.8) is 0 Å². The molecule has 1 saturated heterocycles. The van der Waals surface area contributed by atoms with Gasteiger partial charge in [-0.2, -0.15) is 5.26 Å². The van der Waals surface area contributed by atoms with Crippen LogP contribution in [0.4, 0.5) is 11.5 Å². The van der Waals surface area contributed by atoms with E-state index in [1.807, 2.05) is 12.1 Å². The molecule has 3 rings (SSSR count). The average Bonchev–Trinajstić information content (AvgIpc) is 2.56. The summed E-state index contributed by atoms with van der Waals surface area (Å²) in [5, 5.41) is 8.82. The fourth-order valence-electron chi connectivity index (χ4n) is 2.73. The molecule has 1 aliphatic rings. The molecule has 0 unspecified atom stereocenters. The van der Waals surface area contributed by atoms with E-state index in [0.29, 0.717) is 5.56 Å². The molecule has 1 fully saturated rings. The van der Waals surface area contributed by atoms with Gasteiger partial charge in [0.25, 0.3) is 0 Å². The van der Waals surface area contributed by atoms with E-state index >= 15 is 0 Å². The number of aryl methyl sites for hydroxylation is 1. The van der Waals surface area contributed by atoms with E-state index in [-0.39, 0.29) is 0 Å². The van der Waals surface area contributed by atoms with Crippen LogP contribution < -0.4 is 9.80 Å². The molecular weight excluding hydrogens is 260 g/mol. The number of anilines is 2. The highest BCUT2D eigenvalue weighted by Crippen LogP contribution is 2.22. The first-order valence-corrected chi connectivity index (χ1v) is 7.19. The van der Waals surface area contributed by atoms with Gasteiger partial charge >= 0.3 is 0 Å². The third-order valence-corrected chi connectivity index (χ3v) is 3.94. The summed E-state index contributed by atoms with van der Waals surface area (Å²) in [6.07, 6.45) is 1.64. The van der Waals surface area contributed by atoms with E-state index < -0.39 is 0 Å². The minimum absolute atomic E-state index is 0.609. The molecule has 0 aliphatic carbocycles. The number of piperazine rings is 1. The zero-order valence-electron chi connectivity index (χ0n) is 12.2. The van der Waals surface area contributed by atoms with Gasteiger partial charge in [-0.1, -0.05) is 18.2 Å². The number of nitrogens with zero attached hydrogens (tertiary/aromatic N) is 4. The normalized spacial score (nSPS) is 14.9. The number of benzene rings is 1. The third kappa shape index (κ3) is 2.82. The summed E-state index contributed by atoms with van der Waals surface area (Å²) in [7, 11) is 0. The maximum Gasteiger partial charge on any atom is 0.128 e. The van der Waals surface area contributed by atoms with Crippen molar-refractivity contribution < 1.29 is 0 Å². The molecular formula is C17H18N4. The Morgan fingerprint density at radius 2 is 1.71 bits per heavy atom. The molecule has 0 radical (unpaired) electrons. The topological polar surface area (TPSA) is 43.2 Å². The molecule has 0 saturated carbocycles. The molecule has 21 heavy (non-hydrogen) atoms. The Kier molecular flexibility index (Phi) is 3.74. The van der Waals surface area contributed by atoms with Gasteiger partial charge in [0.05, 0.1) is 5.56 Å². The van der Waals surface area contributed by atoms with Crippen LogP contribution in [0.3, 0.4) is 0 Å². The van der Waals surface area contributed by atoms with Gasteiger partial charge in [0.15, 0.2) is 0 Å². The lowest BCUT2D eigenvalue weighted by Gasteiger charge is -2.37. The molecule has 2 aromatic rings. The molecule has 106 valence electrons. The summed E-state index contributed by atoms with van der Waals surface area (Å²) in [5.41, 5.74) is 3.25. The van der Waals surface area contributed by atoms with Gasteiger partial charge in [-0.25, -0.2) is 4.98 Å². The van der Waals surface area contributed by atoms with Crippen LogP contribution in [0.15, 0.2) is 42.6 Å². The Bertz CT molecular complexity index is 649.